The second kappa shape index (κ2) is 6.55. The molecule has 5 heterocycles. The van der Waals surface area contributed by atoms with Crippen molar-refractivity contribution in [2.24, 2.45) is 7.05 Å². The summed E-state index contributed by atoms with van der Waals surface area (Å²) in [6.45, 7) is 1.92. The molecule has 0 bridgehead atoms. The van der Waals surface area contributed by atoms with Gasteiger partial charge in [-0.15, -0.1) is 0 Å². The molecule has 0 aromatic carbocycles. The summed E-state index contributed by atoms with van der Waals surface area (Å²) in [6.07, 6.45) is 9.63. The predicted octanol–water partition coefficient (Wildman–Crippen LogP) is 1.23. The number of anilines is 1. The maximum absolute atomic E-state index is 13.2. The molecule has 2 aliphatic rings. The molecule has 29 heavy (non-hydrogen) atoms. The molecule has 9 heteroatoms. The van der Waals surface area contributed by atoms with Gasteiger partial charge in [-0.1, -0.05) is 0 Å². The van der Waals surface area contributed by atoms with Crippen LogP contribution in [0.3, 0.4) is 0 Å². The van der Waals surface area contributed by atoms with Crippen LogP contribution < -0.4 is 4.90 Å². The number of imidazole rings is 1. The minimum Gasteiger partial charge on any atom is -0.368 e. The average molecular weight is 395 g/mol. The Balaban J connectivity index is 1.40. The van der Waals surface area contributed by atoms with Crippen LogP contribution in [0, 0.1) is 0 Å². The molecule has 1 spiro atoms. The van der Waals surface area contributed by atoms with Crippen molar-refractivity contribution < 1.29 is 9.53 Å². The number of ether oxygens (including phenoxy) is 1. The minimum atomic E-state index is -0.433. The first-order valence-electron chi connectivity index (χ1n) is 9.94. The van der Waals surface area contributed by atoms with Crippen LogP contribution in [0.2, 0.25) is 0 Å². The Labute approximate surface area is 168 Å². The van der Waals surface area contributed by atoms with Crippen LogP contribution in [0.25, 0.3) is 5.65 Å². The van der Waals surface area contributed by atoms with Crippen molar-refractivity contribution in [2.75, 3.05) is 38.7 Å². The lowest BCUT2D eigenvalue weighted by atomic mass is 9.83. The van der Waals surface area contributed by atoms with E-state index in [9.17, 15) is 4.79 Å². The number of rotatable bonds is 2. The van der Waals surface area contributed by atoms with E-state index in [1.54, 1.807) is 10.7 Å². The highest BCUT2D eigenvalue weighted by Gasteiger charge is 2.43. The van der Waals surface area contributed by atoms with Crippen molar-refractivity contribution in [3.05, 3.63) is 41.6 Å². The van der Waals surface area contributed by atoms with Gasteiger partial charge in [0.25, 0.3) is 5.91 Å². The number of carbonyl (C=O) groups excluding carboxylic acids is 1. The average Bonchev–Trinajstić information content (AvgIpc) is 3.31. The highest BCUT2D eigenvalue weighted by Crippen LogP contribution is 2.41. The van der Waals surface area contributed by atoms with Gasteiger partial charge >= 0.3 is 0 Å². The molecule has 1 fully saturated rings. The monoisotopic (exact) mass is 395 g/mol. The highest BCUT2D eigenvalue weighted by atomic mass is 16.5. The van der Waals surface area contributed by atoms with Gasteiger partial charge in [0, 0.05) is 52.8 Å². The quantitative estimate of drug-likeness (QED) is 0.649. The molecule has 0 N–H and O–H groups in total. The number of fused-ring (bicyclic) bond motifs is 3. The topological polar surface area (TPSA) is 80.8 Å². The standard InChI is InChI=1S/C20H25N7O2/c1-24(2)19-21-12-14-4-11-29-20(16(14)23-19)5-7-26(8-6-20)18(28)15-13-22-27-10-9-25(3)17(15)27/h9-10,12-13H,4-8,11H2,1-3H3. The van der Waals surface area contributed by atoms with Crippen molar-refractivity contribution in [1.82, 2.24) is 29.0 Å². The molecule has 0 atom stereocenters. The Morgan fingerprint density at radius 2 is 2.00 bits per heavy atom. The van der Waals surface area contributed by atoms with E-state index < -0.39 is 5.60 Å². The van der Waals surface area contributed by atoms with E-state index >= 15 is 0 Å². The number of nitrogens with zero attached hydrogens (tertiary/aromatic N) is 7. The van der Waals surface area contributed by atoms with Crippen LogP contribution in [0.15, 0.2) is 24.8 Å². The molecule has 9 nitrogen and oxygen atoms in total. The van der Waals surface area contributed by atoms with E-state index in [1.165, 1.54) is 0 Å². The number of piperidine rings is 1. The van der Waals surface area contributed by atoms with Crippen LogP contribution in [0.5, 0.6) is 0 Å². The maximum Gasteiger partial charge on any atom is 0.259 e. The van der Waals surface area contributed by atoms with E-state index in [0.29, 0.717) is 31.2 Å². The van der Waals surface area contributed by atoms with Crippen LogP contribution in [0.1, 0.15) is 34.5 Å². The van der Waals surface area contributed by atoms with Gasteiger partial charge in [0.15, 0.2) is 0 Å². The Kier molecular flexibility index (Phi) is 4.09. The van der Waals surface area contributed by atoms with E-state index in [0.717, 1.165) is 36.2 Å². The first-order valence-corrected chi connectivity index (χ1v) is 9.94. The minimum absolute atomic E-state index is 0.0179. The van der Waals surface area contributed by atoms with E-state index in [-0.39, 0.29) is 5.91 Å². The molecule has 0 radical (unpaired) electrons. The Bertz CT molecular complexity index is 1080. The summed E-state index contributed by atoms with van der Waals surface area (Å²) in [7, 11) is 5.80. The number of likely N-dealkylation sites (tertiary alicyclic amines) is 1. The smallest absolute Gasteiger partial charge is 0.259 e. The SMILES string of the molecule is CN(C)c1ncc2c(n1)C1(CCN(C(=O)c3cnn4ccn(C)c34)CC1)OCC2. The lowest BCUT2D eigenvalue weighted by Crippen LogP contribution is -2.49. The number of carbonyl (C=O) groups is 1. The third-order valence-corrected chi connectivity index (χ3v) is 6.06. The molecule has 5 rings (SSSR count). The summed E-state index contributed by atoms with van der Waals surface area (Å²) in [5, 5.41) is 4.30. The van der Waals surface area contributed by atoms with Crippen molar-refractivity contribution in [2.45, 2.75) is 24.9 Å². The zero-order chi connectivity index (χ0) is 20.2. The zero-order valence-electron chi connectivity index (χ0n) is 17.0. The van der Waals surface area contributed by atoms with Crippen molar-refractivity contribution in [3.8, 4) is 0 Å². The van der Waals surface area contributed by atoms with Crippen molar-refractivity contribution in [3.63, 3.8) is 0 Å². The number of hydrogen-bond acceptors (Lipinski definition) is 6. The molecule has 1 amide bonds. The fourth-order valence-electron chi connectivity index (χ4n) is 4.44. The molecular weight excluding hydrogens is 370 g/mol. The second-order valence-electron chi connectivity index (χ2n) is 8.06. The van der Waals surface area contributed by atoms with Gasteiger partial charge in [0.2, 0.25) is 5.95 Å². The molecule has 0 unspecified atom stereocenters. The summed E-state index contributed by atoms with van der Waals surface area (Å²) in [5.41, 5.74) is 3.17. The molecule has 152 valence electrons. The normalized spacial score (nSPS) is 18.2. The van der Waals surface area contributed by atoms with E-state index in [4.69, 9.17) is 9.72 Å². The fourth-order valence-corrected chi connectivity index (χ4v) is 4.44. The number of amides is 1. The van der Waals surface area contributed by atoms with Crippen LogP contribution >= 0.6 is 0 Å². The molecule has 3 aromatic heterocycles. The van der Waals surface area contributed by atoms with Gasteiger partial charge in [0.05, 0.1) is 18.5 Å². The van der Waals surface area contributed by atoms with E-state index in [1.807, 2.05) is 54.1 Å². The van der Waals surface area contributed by atoms with Crippen LogP contribution in [-0.2, 0) is 23.8 Å². The van der Waals surface area contributed by atoms with Gasteiger partial charge in [0.1, 0.15) is 16.8 Å². The second-order valence-corrected chi connectivity index (χ2v) is 8.06. The van der Waals surface area contributed by atoms with Gasteiger partial charge < -0.3 is 19.1 Å². The molecule has 2 aliphatic heterocycles. The lowest BCUT2D eigenvalue weighted by molar-refractivity contribution is -0.0966. The summed E-state index contributed by atoms with van der Waals surface area (Å²) >= 11 is 0. The summed E-state index contributed by atoms with van der Waals surface area (Å²) in [4.78, 5) is 26.3. The number of aromatic nitrogens is 5. The lowest BCUT2D eigenvalue weighted by Gasteiger charge is -2.44. The highest BCUT2D eigenvalue weighted by molar-refractivity contribution is 5.99. The molecule has 1 saturated heterocycles. The first-order chi connectivity index (χ1) is 14.0. The van der Waals surface area contributed by atoms with E-state index in [2.05, 4.69) is 10.1 Å². The molecular formula is C20H25N7O2. The summed E-state index contributed by atoms with van der Waals surface area (Å²) < 4.78 is 9.95. The third kappa shape index (κ3) is 2.79. The van der Waals surface area contributed by atoms with Crippen LogP contribution in [0.4, 0.5) is 5.95 Å². The number of aryl methyl sites for hydroxylation is 1. The third-order valence-electron chi connectivity index (χ3n) is 6.06. The predicted molar refractivity (Wildman–Crippen MR) is 107 cm³/mol. The van der Waals surface area contributed by atoms with Crippen molar-refractivity contribution >= 4 is 17.5 Å². The maximum atomic E-state index is 13.2. The van der Waals surface area contributed by atoms with Crippen LogP contribution in [-0.4, -0.2) is 68.7 Å². The van der Waals surface area contributed by atoms with Gasteiger partial charge in [-0.05, 0) is 24.8 Å². The zero-order valence-corrected chi connectivity index (χ0v) is 17.0. The largest absolute Gasteiger partial charge is 0.368 e. The fraction of sp³-hybridized carbons (Fsp3) is 0.500. The Hall–Kier alpha value is -2.94. The molecule has 0 aliphatic carbocycles. The van der Waals surface area contributed by atoms with Gasteiger partial charge in [-0.2, -0.15) is 5.10 Å². The Morgan fingerprint density at radius 1 is 1.21 bits per heavy atom. The Morgan fingerprint density at radius 3 is 2.76 bits per heavy atom. The van der Waals surface area contributed by atoms with Crippen molar-refractivity contribution in [1.29, 1.82) is 0 Å². The first kappa shape index (κ1) is 18.1. The number of hydrogen-bond donors (Lipinski definition) is 0. The summed E-state index contributed by atoms with van der Waals surface area (Å²) in [5.74, 6) is 0.711. The van der Waals surface area contributed by atoms with Gasteiger partial charge in [-0.3, -0.25) is 4.79 Å². The molecule has 3 aromatic rings. The molecule has 0 saturated carbocycles. The summed E-state index contributed by atoms with van der Waals surface area (Å²) in [6, 6.07) is 0. The van der Waals surface area contributed by atoms with Gasteiger partial charge in [-0.25, -0.2) is 14.5 Å².